The van der Waals surface area contributed by atoms with E-state index in [1.807, 2.05) is 37.3 Å². The van der Waals surface area contributed by atoms with Crippen molar-refractivity contribution in [1.82, 2.24) is 9.97 Å². The minimum atomic E-state index is -0.976. The van der Waals surface area contributed by atoms with Crippen LogP contribution in [0.5, 0.6) is 11.6 Å². The number of hydrogen-bond donors (Lipinski definition) is 2. The highest BCUT2D eigenvalue weighted by Crippen LogP contribution is 2.23. The Bertz CT molecular complexity index is 865. The number of carbonyl (C=O) groups is 1. The fourth-order valence-electron chi connectivity index (χ4n) is 2.20. The Labute approximate surface area is 145 Å². The number of nitrogens with one attached hydrogen (secondary N) is 1. The fraction of sp³-hybridized carbons (Fsp3) is 0.105. The summed E-state index contributed by atoms with van der Waals surface area (Å²) in [5.74, 6) is 0.378. The number of para-hydroxylation sites is 1. The van der Waals surface area contributed by atoms with Crippen LogP contribution >= 0.6 is 0 Å². The van der Waals surface area contributed by atoms with Crippen LogP contribution < -0.4 is 10.1 Å². The minimum absolute atomic E-state index is 0.204. The van der Waals surface area contributed by atoms with E-state index in [0.29, 0.717) is 17.6 Å². The zero-order valence-electron chi connectivity index (χ0n) is 13.6. The molecule has 0 aliphatic rings. The molecule has 3 rings (SSSR count). The van der Waals surface area contributed by atoms with Gasteiger partial charge in [-0.25, -0.2) is 9.78 Å². The Balaban J connectivity index is 1.83. The van der Waals surface area contributed by atoms with Gasteiger partial charge in [0, 0.05) is 17.4 Å². The molecule has 0 spiro atoms. The lowest BCUT2D eigenvalue weighted by molar-refractivity contribution is 0.0697. The molecule has 2 aromatic carbocycles. The Kier molecular flexibility index (Phi) is 4.89. The molecule has 0 aliphatic heterocycles. The molecule has 0 amide bonds. The van der Waals surface area contributed by atoms with Gasteiger partial charge in [0.25, 0.3) is 0 Å². The number of anilines is 2. The number of aryl methyl sites for hydroxylation is 1. The van der Waals surface area contributed by atoms with Crippen LogP contribution in [0.3, 0.4) is 0 Å². The van der Waals surface area contributed by atoms with Crippen LogP contribution in [-0.2, 0) is 6.42 Å². The van der Waals surface area contributed by atoms with Gasteiger partial charge in [0.15, 0.2) is 0 Å². The highest BCUT2D eigenvalue weighted by molar-refractivity contribution is 5.87. The molecule has 1 heterocycles. The molecule has 0 unspecified atom stereocenters. The topological polar surface area (TPSA) is 84.3 Å². The molecular formula is C19H17N3O3. The van der Waals surface area contributed by atoms with Crippen molar-refractivity contribution in [2.24, 2.45) is 0 Å². The molecule has 0 radical (unpaired) electrons. The van der Waals surface area contributed by atoms with Crippen LogP contribution in [0.2, 0.25) is 0 Å². The van der Waals surface area contributed by atoms with E-state index in [1.54, 1.807) is 18.2 Å². The molecule has 0 atom stereocenters. The first-order chi connectivity index (χ1) is 12.1. The summed E-state index contributed by atoms with van der Waals surface area (Å²) in [6.45, 7) is 2.00. The van der Waals surface area contributed by atoms with Crippen molar-refractivity contribution < 1.29 is 14.6 Å². The number of carboxylic acids is 1. The van der Waals surface area contributed by atoms with Crippen LogP contribution in [-0.4, -0.2) is 21.0 Å². The van der Waals surface area contributed by atoms with E-state index >= 15 is 0 Å². The summed E-state index contributed by atoms with van der Waals surface area (Å²) >= 11 is 0. The summed E-state index contributed by atoms with van der Waals surface area (Å²) in [4.78, 5) is 19.7. The molecule has 3 aromatic rings. The van der Waals surface area contributed by atoms with E-state index in [0.717, 1.165) is 17.8 Å². The largest absolute Gasteiger partial charge is 0.478 e. The molecular weight excluding hydrogens is 318 g/mol. The highest BCUT2D eigenvalue weighted by Gasteiger charge is 2.08. The fourth-order valence-corrected chi connectivity index (χ4v) is 2.20. The number of hydrogen-bond acceptors (Lipinski definition) is 5. The molecule has 2 N–H and O–H groups in total. The monoisotopic (exact) mass is 335 g/mol. The number of benzene rings is 2. The summed E-state index contributed by atoms with van der Waals surface area (Å²) in [5.41, 5.74) is 1.92. The van der Waals surface area contributed by atoms with Crippen molar-refractivity contribution in [3.8, 4) is 11.6 Å². The average Bonchev–Trinajstić information content (AvgIpc) is 2.63. The Morgan fingerprint density at radius 1 is 1.08 bits per heavy atom. The summed E-state index contributed by atoms with van der Waals surface area (Å²) in [6, 6.07) is 17.6. The lowest BCUT2D eigenvalue weighted by atomic mass is 10.2. The van der Waals surface area contributed by atoms with Crippen molar-refractivity contribution in [3.63, 3.8) is 0 Å². The van der Waals surface area contributed by atoms with Crippen LogP contribution in [0.1, 0.15) is 23.0 Å². The highest BCUT2D eigenvalue weighted by atomic mass is 16.5. The van der Waals surface area contributed by atoms with Gasteiger partial charge in [-0.3, -0.25) is 0 Å². The van der Waals surface area contributed by atoms with E-state index in [2.05, 4.69) is 15.3 Å². The summed E-state index contributed by atoms with van der Waals surface area (Å²) < 4.78 is 5.75. The zero-order chi connectivity index (χ0) is 17.6. The van der Waals surface area contributed by atoms with Gasteiger partial charge in [-0.1, -0.05) is 25.1 Å². The second-order valence-electron chi connectivity index (χ2n) is 5.30. The summed E-state index contributed by atoms with van der Waals surface area (Å²) in [7, 11) is 0. The number of aromatic nitrogens is 2. The lowest BCUT2D eigenvalue weighted by Crippen LogP contribution is -2.02. The quantitative estimate of drug-likeness (QED) is 0.700. The molecule has 1 aromatic heterocycles. The number of rotatable bonds is 6. The second-order valence-corrected chi connectivity index (χ2v) is 5.30. The van der Waals surface area contributed by atoms with Gasteiger partial charge < -0.3 is 15.2 Å². The first-order valence-corrected chi connectivity index (χ1v) is 7.85. The predicted molar refractivity (Wildman–Crippen MR) is 94.6 cm³/mol. The third-order valence-corrected chi connectivity index (χ3v) is 3.47. The van der Waals surface area contributed by atoms with Crippen molar-refractivity contribution in [2.45, 2.75) is 13.3 Å². The maximum Gasteiger partial charge on any atom is 0.335 e. The SMILES string of the molecule is CCc1cc(Oc2ccc(C(=O)O)cc2)nc(Nc2ccccc2)n1. The normalized spacial score (nSPS) is 10.3. The number of aromatic carboxylic acids is 1. The Hall–Kier alpha value is -3.41. The van der Waals surface area contributed by atoms with Crippen molar-refractivity contribution in [1.29, 1.82) is 0 Å². The van der Waals surface area contributed by atoms with Crippen LogP contribution in [0.25, 0.3) is 0 Å². The smallest absolute Gasteiger partial charge is 0.335 e. The zero-order valence-corrected chi connectivity index (χ0v) is 13.6. The number of nitrogens with zero attached hydrogens (tertiary/aromatic N) is 2. The molecule has 6 nitrogen and oxygen atoms in total. The van der Waals surface area contributed by atoms with Crippen LogP contribution in [0.15, 0.2) is 60.7 Å². The van der Waals surface area contributed by atoms with Gasteiger partial charge in [-0.05, 0) is 42.8 Å². The standard InChI is InChI=1S/C19H17N3O3/c1-2-14-12-17(25-16-10-8-13(9-11-16)18(23)24)22-19(20-14)21-15-6-4-3-5-7-15/h3-12H,2H2,1H3,(H,23,24)(H,20,21,22). The van der Waals surface area contributed by atoms with Crippen molar-refractivity contribution in [2.75, 3.05) is 5.32 Å². The van der Waals surface area contributed by atoms with Gasteiger partial charge in [0.1, 0.15) is 5.75 Å². The van der Waals surface area contributed by atoms with E-state index < -0.39 is 5.97 Å². The summed E-state index contributed by atoms with van der Waals surface area (Å²) in [6.07, 6.45) is 0.736. The maximum atomic E-state index is 10.9. The molecule has 126 valence electrons. The van der Waals surface area contributed by atoms with E-state index in [-0.39, 0.29) is 5.56 Å². The molecule has 0 bridgehead atoms. The third-order valence-electron chi connectivity index (χ3n) is 3.47. The molecule has 25 heavy (non-hydrogen) atoms. The average molecular weight is 335 g/mol. The molecule has 0 fully saturated rings. The van der Waals surface area contributed by atoms with E-state index in [1.165, 1.54) is 12.1 Å². The third kappa shape index (κ3) is 4.32. The molecule has 0 saturated carbocycles. The van der Waals surface area contributed by atoms with Crippen molar-refractivity contribution >= 4 is 17.6 Å². The van der Waals surface area contributed by atoms with Gasteiger partial charge in [-0.2, -0.15) is 4.98 Å². The van der Waals surface area contributed by atoms with Crippen LogP contribution in [0.4, 0.5) is 11.6 Å². The molecule has 0 aliphatic carbocycles. The molecule has 6 heteroatoms. The van der Waals surface area contributed by atoms with Gasteiger partial charge in [0.2, 0.25) is 11.8 Å². The van der Waals surface area contributed by atoms with E-state index in [9.17, 15) is 4.79 Å². The predicted octanol–water partition coefficient (Wildman–Crippen LogP) is 4.27. The Morgan fingerprint density at radius 3 is 2.44 bits per heavy atom. The summed E-state index contributed by atoms with van der Waals surface area (Å²) in [5, 5.41) is 12.1. The lowest BCUT2D eigenvalue weighted by Gasteiger charge is -2.10. The van der Waals surface area contributed by atoms with Gasteiger partial charge in [-0.15, -0.1) is 0 Å². The second kappa shape index (κ2) is 7.44. The van der Waals surface area contributed by atoms with Crippen molar-refractivity contribution in [3.05, 3.63) is 71.9 Å². The van der Waals surface area contributed by atoms with Gasteiger partial charge in [0.05, 0.1) is 5.56 Å². The first-order valence-electron chi connectivity index (χ1n) is 7.85. The number of ether oxygens (including phenoxy) is 1. The maximum absolute atomic E-state index is 10.9. The minimum Gasteiger partial charge on any atom is -0.478 e. The van der Waals surface area contributed by atoms with E-state index in [4.69, 9.17) is 9.84 Å². The number of carboxylic acid groups (broad SMARTS) is 1. The van der Waals surface area contributed by atoms with Crippen LogP contribution in [0, 0.1) is 0 Å². The molecule has 0 saturated heterocycles. The van der Waals surface area contributed by atoms with Gasteiger partial charge >= 0.3 is 5.97 Å². The first kappa shape index (κ1) is 16.4. The Morgan fingerprint density at radius 2 is 1.80 bits per heavy atom.